The molecule has 1 aliphatic carbocycles. The molecule has 1 radical (unpaired) electrons. The van der Waals surface area contributed by atoms with E-state index in [9.17, 15) is 4.39 Å². The van der Waals surface area contributed by atoms with Gasteiger partial charge in [-0.2, -0.15) is 0 Å². The lowest BCUT2D eigenvalue weighted by molar-refractivity contribution is 0.623. The molecule has 0 saturated carbocycles. The summed E-state index contributed by atoms with van der Waals surface area (Å²) < 4.78 is 13.0. The Morgan fingerprint density at radius 2 is 2.11 bits per heavy atom. The van der Waals surface area contributed by atoms with Crippen molar-refractivity contribution in [3.63, 3.8) is 0 Å². The first-order valence-corrected chi connectivity index (χ1v) is 6.80. The molecule has 0 aromatic heterocycles. The molecule has 97 valence electrons. The number of hydrogen-bond donors (Lipinski definition) is 1. The van der Waals surface area contributed by atoms with Crippen LogP contribution in [0.4, 0.5) is 4.39 Å². The molecule has 1 heterocycles. The van der Waals surface area contributed by atoms with Gasteiger partial charge in [0.15, 0.2) is 5.11 Å². The molecule has 1 aromatic rings. The van der Waals surface area contributed by atoms with Crippen LogP contribution in [0.5, 0.6) is 0 Å². The maximum Gasteiger partial charge on any atom is 0.197 e. The smallest absolute Gasteiger partial charge is 0.197 e. The van der Waals surface area contributed by atoms with Crippen LogP contribution in [0, 0.1) is 11.7 Å². The topological polar surface area (TPSA) is 26.1 Å². The zero-order valence-corrected chi connectivity index (χ0v) is 11.2. The molecule has 1 aromatic carbocycles. The van der Waals surface area contributed by atoms with E-state index in [0.29, 0.717) is 11.0 Å². The molecule has 19 heavy (non-hydrogen) atoms. The molecule has 1 unspecified atom stereocenters. The Morgan fingerprint density at radius 3 is 2.79 bits per heavy atom. The summed E-state index contributed by atoms with van der Waals surface area (Å²) in [5.41, 5.74) is 3.41. The van der Waals surface area contributed by atoms with Crippen molar-refractivity contribution in [3.05, 3.63) is 53.6 Å². The Labute approximate surface area is 117 Å². The Balaban J connectivity index is 1.74. The van der Waals surface area contributed by atoms with E-state index in [1.165, 1.54) is 17.7 Å². The number of nitrogens with zero attached hydrogens (tertiary/aromatic N) is 1. The van der Waals surface area contributed by atoms with Gasteiger partial charge in [-0.3, -0.25) is 0 Å². The van der Waals surface area contributed by atoms with E-state index in [2.05, 4.69) is 16.7 Å². The summed E-state index contributed by atoms with van der Waals surface area (Å²) >= 11 is 4.99. The van der Waals surface area contributed by atoms with Gasteiger partial charge in [0, 0.05) is 6.20 Å². The standard InChI is InChI=1S/C15H14FN2S/c16-12-6-4-10(5-7-12)14-3-1-2-11(14)8-13-9-17-15(19)18-13/h3-7,9,11H,1-2,8H2,(H,17,19). The molecule has 2 nitrogen and oxygen atoms in total. The number of nitrogens with one attached hydrogen (secondary N) is 1. The average Bonchev–Trinajstić information content (AvgIpc) is 3.00. The lowest BCUT2D eigenvalue weighted by Crippen LogP contribution is -2.16. The van der Waals surface area contributed by atoms with Crippen molar-refractivity contribution in [1.82, 2.24) is 10.6 Å². The van der Waals surface area contributed by atoms with Gasteiger partial charge in [-0.05, 0) is 60.7 Å². The largest absolute Gasteiger partial charge is 0.336 e. The number of benzene rings is 1. The number of thiocarbonyl (C=S) groups is 1. The Bertz CT molecular complexity index is 560. The SMILES string of the molecule is Fc1ccc(C2=CCCC2CC2=CNC(=S)[N]2)cc1. The van der Waals surface area contributed by atoms with Crippen LogP contribution in [-0.2, 0) is 0 Å². The lowest BCUT2D eigenvalue weighted by atomic mass is 9.91. The lowest BCUT2D eigenvalue weighted by Gasteiger charge is -2.15. The summed E-state index contributed by atoms with van der Waals surface area (Å²) in [5.74, 6) is 0.255. The van der Waals surface area contributed by atoms with Crippen LogP contribution in [0.15, 0.2) is 42.2 Å². The van der Waals surface area contributed by atoms with E-state index in [-0.39, 0.29) is 5.82 Å². The first kappa shape index (κ1) is 12.4. The predicted molar refractivity (Wildman–Crippen MR) is 77.7 cm³/mol. The molecule has 0 fully saturated rings. The Kier molecular flexibility index (Phi) is 3.34. The average molecular weight is 273 g/mol. The van der Waals surface area contributed by atoms with Crippen LogP contribution in [-0.4, -0.2) is 5.11 Å². The number of hydrogen-bond acceptors (Lipinski definition) is 1. The molecule has 0 spiro atoms. The van der Waals surface area contributed by atoms with E-state index in [1.807, 2.05) is 18.3 Å². The van der Waals surface area contributed by atoms with Gasteiger partial charge in [0.1, 0.15) is 5.82 Å². The molecule has 1 atom stereocenters. The Morgan fingerprint density at radius 1 is 1.32 bits per heavy atom. The molecule has 0 amide bonds. The second-order valence-electron chi connectivity index (χ2n) is 4.84. The fourth-order valence-corrected chi connectivity index (χ4v) is 2.84. The molecule has 1 N–H and O–H groups in total. The van der Waals surface area contributed by atoms with Crippen LogP contribution in [0.2, 0.25) is 0 Å². The minimum absolute atomic E-state index is 0.193. The maximum absolute atomic E-state index is 13.0. The van der Waals surface area contributed by atoms with Gasteiger partial charge in [0.2, 0.25) is 0 Å². The highest BCUT2D eigenvalue weighted by Gasteiger charge is 2.24. The van der Waals surface area contributed by atoms with Crippen molar-refractivity contribution in [2.45, 2.75) is 19.3 Å². The van der Waals surface area contributed by atoms with Crippen molar-refractivity contribution < 1.29 is 4.39 Å². The van der Waals surface area contributed by atoms with Crippen LogP contribution >= 0.6 is 12.2 Å². The minimum atomic E-state index is -0.193. The van der Waals surface area contributed by atoms with Crippen LogP contribution in [0.3, 0.4) is 0 Å². The van der Waals surface area contributed by atoms with E-state index in [4.69, 9.17) is 12.2 Å². The summed E-state index contributed by atoms with van der Waals surface area (Å²) in [7, 11) is 0. The summed E-state index contributed by atoms with van der Waals surface area (Å²) in [5, 5.41) is 7.77. The Hall–Kier alpha value is -1.68. The number of rotatable bonds is 3. The molecule has 4 heteroatoms. The van der Waals surface area contributed by atoms with Gasteiger partial charge >= 0.3 is 0 Å². The highest BCUT2D eigenvalue weighted by molar-refractivity contribution is 7.80. The highest BCUT2D eigenvalue weighted by Crippen LogP contribution is 2.37. The molecule has 1 aliphatic heterocycles. The van der Waals surface area contributed by atoms with Gasteiger partial charge in [-0.15, -0.1) is 0 Å². The third kappa shape index (κ3) is 2.68. The third-order valence-electron chi connectivity index (χ3n) is 3.56. The second-order valence-corrected chi connectivity index (χ2v) is 5.23. The van der Waals surface area contributed by atoms with Gasteiger partial charge in [-0.1, -0.05) is 18.2 Å². The quantitative estimate of drug-likeness (QED) is 0.855. The van der Waals surface area contributed by atoms with E-state index in [1.54, 1.807) is 0 Å². The number of halogens is 1. The van der Waals surface area contributed by atoms with Gasteiger partial charge in [-0.25, -0.2) is 9.71 Å². The van der Waals surface area contributed by atoms with E-state index in [0.717, 1.165) is 30.5 Å². The summed E-state index contributed by atoms with van der Waals surface area (Å²) in [4.78, 5) is 0. The normalized spacial score (nSPS) is 21.7. The molecular formula is C15H14FN2S. The van der Waals surface area contributed by atoms with E-state index >= 15 is 0 Å². The highest BCUT2D eigenvalue weighted by atomic mass is 32.1. The number of allylic oxidation sites excluding steroid dienone is 3. The predicted octanol–water partition coefficient (Wildman–Crippen LogP) is 3.34. The molecule has 2 aliphatic rings. The van der Waals surface area contributed by atoms with Gasteiger partial charge in [0.05, 0.1) is 5.70 Å². The van der Waals surface area contributed by atoms with Crippen molar-refractivity contribution in [3.8, 4) is 0 Å². The van der Waals surface area contributed by atoms with E-state index < -0.39 is 0 Å². The molecule has 0 saturated heterocycles. The van der Waals surface area contributed by atoms with Crippen LogP contribution in [0.25, 0.3) is 5.57 Å². The molecular weight excluding hydrogens is 259 g/mol. The summed E-state index contributed by atoms with van der Waals surface area (Å²) in [6.07, 6.45) is 7.20. The summed E-state index contributed by atoms with van der Waals surface area (Å²) in [6, 6.07) is 6.73. The monoisotopic (exact) mass is 273 g/mol. The first-order chi connectivity index (χ1) is 9.22. The third-order valence-corrected chi connectivity index (χ3v) is 3.77. The van der Waals surface area contributed by atoms with Crippen molar-refractivity contribution in [2.75, 3.05) is 0 Å². The van der Waals surface area contributed by atoms with Crippen molar-refractivity contribution in [1.29, 1.82) is 0 Å². The van der Waals surface area contributed by atoms with Crippen LogP contribution in [0.1, 0.15) is 24.8 Å². The van der Waals surface area contributed by atoms with Crippen molar-refractivity contribution >= 4 is 22.9 Å². The fraction of sp³-hybridized carbons (Fsp3) is 0.267. The van der Waals surface area contributed by atoms with Gasteiger partial charge in [0.25, 0.3) is 0 Å². The van der Waals surface area contributed by atoms with Gasteiger partial charge < -0.3 is 5.32 Å². The molecule has 3 rings (SSSR count). The van der Waals surface area contributed by atoms with Crippen molar-refractivity contribution in [2.24, 2.45) is 5.92 Å². The zero-order valence-electron chi connectivity index (χ0n) is 10.4. The fourth-order valence-electron chi connectivity index (χ4n) is 2.67. The second kappa shape index (κ2) is 5.13. The summed E-state index contributed by atoms with van der Waals surface area (Å²) in [6.45, 7) is 0. The first-order valence-electron chi connectivity index (χ1n) is 6.39. The zero-order chi connectivity index (χ0) is 13.2. The molecule has 0 bridgehead atoms. The minimum Gasteiger partial charge on any atom is -0.336 e. The van der Waals surface area contributed by atoms with Crippen LogP contribution < -0.4 is 10.6 Å². The maximum atomic E-state index is 13.0.